The molecule has 138 valence electrons. The van der Waals surface area contributed by atoms with Gasteiger partial charge in [-0.2, -0.15) is 23.4 Å². The van der Waals surface area contributed by atoms with Crippen molar-refractivity contribution in [2.45, 2.75) is 18.5 Å². The van der Waals surface area contributed by atoms with Crippen LogP contribution in [0.2, 0.25) is 0 Å². The molecule has 0 bridgehead atoms. The number of pyridine rings is 1. The van der Waals surface area contributed by atoms with Gasteiger partial charge in [0.25, 0.3) is 0 Å². The topological polar surface area (TPSA) is 82.7 Å². The van der Waals surface area contributed by atoms with Crippen LogP contribution in [0.15, 0.2) is 43.0 Å². The molecule has 0 unspecified atom stereocenters. The Balaban J connectivity index is 1.98. The normalized spacial score (nSPS) is 12.5. The van der Waals surface area contributed by atoms with Crippen molar-refractivity contribution in [1.29, 1.82) is 0 Å². The maximum Gasteiger partial charge on any atom is 0.408 e. The molecule has 3 heterocycles. The molecule has 0 N–H and O–H groups in total. The summed E-state index contributed by atoms with van der Waals surface area (Å²) in [6.45, 7) is -1.37. The number of nitrogens with zero attached hydrogens (tertiary/aromatic N) is 5. The summed E-state index contributed by atoms with van der Waals surface area (Å²) in [7, 11) is -3.52. The van der Waals surface area contributed by atoms with Gasteiger partial charge in [0.2, 0.25) is 0 Å². The molecule has 0 amide bonds. The van der Waals surface area contributed by atoms with E-state index in [0.29, 0.717) is 15.9 Å². The average Bonchev–Trinajstić information content (AvgIpc) is 3.13. The lowest BCUT2D eigenvalue weighted by Crippen LogP contribution is -2.21. The van der Waals surface area contributed by atoms with E-state index in [1.807, 2.05) is 0 Å². The molecule has 11 heteroatoms. The molecule has 0 saturated carbocycles. The maximum atomic E-state index is 12.8. The minimum Gasteiger partial charge on any atom is -0.262 e. The third kappa shape index (κ3) is 4.48. The minimum absolute atomic E-state index is 0.0334. The zero-order chi connectivity index (χ0) is 18.9. The predicted molar refractivity (Wildman–Crippen MR) is 87.2 cm³/mol. The van der Waals surface area contributed by atoms with Crippen LogP contribution in [0.5, 0.6) is 0 Å². The molecule has 3 rings (SSSR count). The molecule has 0 aromatic carbocycles. The van der Waals surface area contributed by atoms with Gasteiger partial charge >= 0.3 is 6.18 Å². The monoisotopic (exact) mass is 385 g/mol. The lowest BCUT2D eigenvalue weighted by molar-refractivity contribution is -0.142. The van der Waals surface area contributed by atoms with Crippen LogP contribution in [0.1, 0.15) is 5.69 Å². The highest BCUT2D eigenvalue weighted by atomic mass is 32.2. The molecule has 0 radical (unpaired) electrons. The fraction of sp³-hybridized carbons (Fsp3) is 0.267. The van der Waals surface area contributed by atoms with E-state index >= 15 is 0 Å². The van der Waals surface area contributed by atoms with Crippen molar-refractivity contribution in [3.63, 3.8) is 0 Å². The van der Waals surface area contributed by atoms with E-state index in [2.05, 4.69) is 15.2 Å². The van der Waals surface area contributed by atoms with Crippen LogP contribution in [0.4, 0.5) is 13.2 Å². The van der Waals surface area contributed by atoms with E-state index in [1.54, 1.807) is 30.7 Å². The van der Waals surface area contributed by atoms with Gasteiger partial charge in [0.05, 0.1) is 35.2 Å². The average molecular weight is 385 g/mol. The third-order valence-corrected chi connectivity index (χ3v) is 4.21. The van der Waals surface area contributed by atoms with Gasteiger partial charge in [-0.3, -0.25) is 9.67 Å². The highest BCUT2D eigenvalue weighted by Gasteiger charge is 2.30. The van der Waals surface area contributed by atoms with E-state index in [1.165, 1.54) is 16.9 Å². The number of hydrogen-bond acceptors (Lipinski definition) is 5. The Hall–Kier alpha value is -2.69. The summed E-state index contributed by atoms with van der Waals surface area (Å²) in [5, 5.41) is 8.06. The van der Waals surface area contributed by atoms with Crippen molar-refractivity contribution in [1.82, 2.24) is 24.5 Å². The molecule has 26 heavy (non-hydrogen) atoms. The van der Waals surface area contributed by atoms with Crippen molar-refractivity contribution in [3.05, 3.63) is 48.7 Å². The Morgan fingerprint density at radius 1 is 1.23 bits per heavy atom. The molecule has 0 saturated heterocycles. The second kappa shape index (κ2) is 6.56. The zero-order valence-electron chi connectivity index (χ0n) is 13.6. The van der Waals surface area contributed by atoms with Crippen LogP contribution in [0.3, 0.4) is 0 Å². The van der Waals surface area contributed by atoms with Gasteiger partial charge in [0, 0.05) is 24.2 Å². The Morgan fingerprint density at radius 2 is 2.00 bits per heavy atom. The van der Waals surface area contributed by atoms with Crippen LogP contribution >= 0.6 is 0 Å². The smallest absolute Gasteiger partial charge is 0.262 e. The van der Waals surface area contributed by atoms with Crippen molar-refractivity contribution >= 4 is 9.84 Å². The largest absolute Gasteiger partial charge is 0.408 e. The minimum atomic E-state index is -4.52. The third-order valence-electron chi connectivity index (χ3n) is 3.39. The van der Waals surface area contributed by atoms with Gasteiger partial charge in [-0.15, -0.1) is 0 Å². The highest BCUT2D eigenvalue weighted by molar-refractivity contribution is 7.89. The predicted octanol–water partition coefficient (Wildman–Crippen LogP) is 2.24. The van der Waals surface area contributed by atoms with Crippen molar-refractivity contribution < 1.29 is 21.6 Å². The molecule has 3 aromatic heterocycles. The molecular formula is C15H14F3N5O2S. The number of sulfone groups is 1. The lowest BCUT2D eigenvalue weighted by Gasteiger charge is -2.09. The number of alkyl halides is 3. The summed E-state index contributed by atoms with van der Waals surface area (Å²) in [4.78, 5) is 3.97. The van der Waals surface area contributed by atoms with Crippen molar-refractivity contribution in [2.75, 3.05) is 6.26 Å². The van der Waals surface area contributed by atoms with Gasteiger partial charge in [-0.05, 0) is 18.2 Å². The fourth-order valence-corrected chi connectivity index (χ4v) is 3.14. The molecule has 3 aromatic rings. The summed E-state index contributed by atoms with van der Waals surface area (Å²) in [6, 6.07) is 4.82. The Morgan fingerprint density at radius 3 is 2.62 bits per heavy atom. The fourth-order valence-electron chi connectivity index (χ4n) is 2.37. The van der Waals surface area contributed by atoms with Gasteiger partial charge in [-0.1, -0.05) is 0 Å². The van der Waals surface area contributed by atoms with E-state index in [0.717, 1.165) is 6.26 Å². The standard InChI is InChI=1S/C15H14F3N5O2S/c1-26(24,25)9-13-5-14(21-23(13)10-15(16,17)18)11-6-20-22(8-11)12-3-2-4-19-7-12/h2-8H,9-10H2,1H3. The molecule has 7 nitrogen and oxygen atoms in total. The first-order chi connectivity index (χ1) is 12.1. The Bertz CT molecular complexity index is 1010. The van der Waals surface area contributed by atoms with Gasteiger partial charge < -0.3 is 0 Å². The molecular weight excluding hydrogens is 371 g/mol. The van der Waals surface area contributed by atoms with E-state index in [9.17, 15) is 21.6 Å². The van der Waals surface area contributed by atoms with Gasteiger partial charge in [0.1, 0.15) is 6.54 Å². The van der Waals surface area contributed by atoms with Crippen LogP contribution in [-0.4, -0.2) is 45.4 Å². The second-order valence-corrected chi connectivity index (χ2v) is 7.89. The number of halogens is 3. The van der Waals surface area contributed by atoms with Crippen LogP contribution in [0.25, 0.3) is 16.9 Å². The van der Waals surface area contributed by atoms with E-state index in [-0.39, 0.29) is 11.4 Å². The van der Waals surface area contributed by atoms with Gasteiger partial charge in [-0.25, -0.2) is 13.1 Å². The van der Waals surface area contributed by atoms with Crippen LogP contribution in [0, 0.1) is 0 Å². The number of aromatic nitrogens is 5. The number of rotatable bonds is 5. The number of hydrogen-bond donors (Lipinski definition) is 0. The van der Waals surface area contributed by atoms with Crippen molar-refractivity contribution in [3.8, 4) is 16.9 Å². The summed E-state index contributed by atoms with van der Waals surface area (Å²) < 4.78 is 63.5. The molecule has 0 fully saturated rings. The van der Waals surface area contributed by atoms with E-state index in [4.69, 9.17) is 0 Å². The molecule has 0 aliphatic heterocycles. The van der Waals surface area contributed by atoms with Crippen molar-refractivity contribution in [2.24, 2.45) is 0 Å². The lowest BCUT2D eigenvalue weighted by atomic mass is 10.2. The Labute approximate surface area is 147 Å². The van der Waals surface area contributed by atoms with Gasteiger partial charge in [0.15, 0.2) is 9.84 Å². The van der Waals surface area contributed by atoms with Crippen LogP contribution in [-0.2, 0) is 22.1 Å². The summed E-state index contributed by atoms with van der Waals surface area (Å²) in [6.07, 6.45) is 2.64. The van der Waals surface area contributed by atoms with E-state index < -0.39 is 28.3 Å². The molecule has 0 atom stereocenters. The molecule has 0 aliphatic rings. The summed E-state index contributed by atoms with van der Waals surface area (Å²) >= 11 is 0. The second-order valence-electron chi connectivity index (χ2n) is 5.75. The zero-order valence-corrected chi connectivity index (χ0v) is 14.4. The SMILES string of the molecule is CS(=O)(=O)Cc1cc(-c2cnn(-c3cccnc3)c2)nn1CC(F)(F)F. The maximum absolute atomic E-state index is 12.8. The summed E-state index contributed by atoms with van der Waals surface area (Å²) in [5.74, 6) is -0.535. The molecule has 0 aliphatic carbocycles. The summed E-state index contributed by atoms with van der Waals surface area (Å²) in [5.41, 5.74) is 1.31. The van der Waals surface area contributed by atoms with Crippen LogP contribution < -0.4 is 0 Å². The Kier molecular flexibility index (Phi) is 4.57. The first-order valence-corrected chi connectivity index (χ1v) is 9.43. The first-order valence-electron chi connectivity index (χ1n) is 7.37. The quantitative estimate of drug-likeness (QED) is 0.673. The first kappa shape index (κ1) is 18.1. The molecule has 0 spiro atoms. The highest BCUT2D eigenvalue weighted by Crippen LogP contribution is 2.24.